The quantitative estimate of drug-likeness (QED) is 0.611. The number of hydrogen-bond donors (Lipinski definition) is 3. The van der Waals surface area contributed by atoms with E-state index in [0.29, 0.717) is 5.56 Å². The number of aliphatic hydroxyl groups excluding tert-OH is 2. The van der Waals surface area contributed by atoms with Gasteiger partial charge in [0.1, 0.15) is 12.2 Å². The van der Waals surface area contributed by atoms with E-state index in [2.05, 4.69) is 4.74 Å². The zero-order valence-electron chi connectivity index (χ0n) is 11.3. The second kappa shape index (κ2) is 6.83. The summed E-state index contributed by atoms with van der Waals surface area (Å²) in [5.74, 6) is -1.56. The zero-order chi connectivity index (χ0) is 16.3. The molecule has 0 spiro atoms. The van der Waals surface area contributed by atoms with Gasteiger partial charge in [0.25, 0.3) is 0 Å². The lowest BCUT2D eigenvalue weighted by molar-refractivity contribution is -0.532. The summed E-state index contributed by atoms with van der Waals surface area (Å²) in [6.45, 7) is 0. The van der Waals surface area contributed by atoms with E-state index in [-0.39, 0.29) is 0 Å². The van der Waals surface area contributed by atoms with Crippen LogP contribution in [0, 0.1) is 11.3 Å². The Morgan fingerprint density at radius 1 is 1.32 bits per heavy atom. The van der Waals surface area contributed by atoms with E-state index in [4.69, 9.17) is 15.1 Å². The van der Waals surface area contributed by atoms with Crippen LogP contribution in [0.25, 0.3) is 0 Å². The normalized spacial score (nSPS) is 32.9. The molecule has 2 rings (SSSR count). The zero-order valence-corrected chi connectivity index (χ0v) is 11.3. The largest absolute Gasteiger partial charge is 0.829 e. The van der Waals surface area contributed by atoms with Crippen LogP contribution < -0.4 is 5.11 Å². The molecule has 22 heavy (non-hydrogen) atoms. The number of carboxylic acids is 1. The lowest BCUT2D eigenvalue weighted by atomic mass is 9.98. The number of aliphatic carboxylic acids is 1. The van der Waals surface area contributed by atoms with Gasteiger partial charge in [-0.1, -0.05) is 30.3 Å². The first-order valence-electron chi connectivity index (χ1n) is 6.46. The number of hydrogen-bond acceptors (Lipinski definition) is 7. The minimum atomic E-state index is -2.04. The molecule has 0 aromatic heterocycles. The van der Waals surface area contributed by atoms with E-state index in [1.54, 1.807) is 30.3 Å². The molecule has 1 aromatic rings. The third-order valence-electron chi connectivity index (χ3n) is 3.30. The fourth-order valence-electron chi connectivity index (χ4n) is 2.15. The molecule has 0 amide bonds. The fraction of sp³-hybridized carbons (Fsp3) is 0.429. The predicted octanol–water partition coefficient (Wildman–Crippen LogP) is -1.47. The summed E-state index contributed by atoms with van der Waals surface area (Å²) in [6.07, 6.45) is -10.2. The van der Waals surface area contributed by atoms with Crippen molar-refractivity contribution in [3.8, 4) is 6.07 Å². The molecule has 6 atom stereocenters. The number of ether oxygens (including phenoxy) is 2. The first-order valence-corrected chi connectivity index (χ1v) is 6.46. The highest BCUT2D eigenvalue weighted by Crippen LogP contribution is 2.26. The van der Waals surface area contributed by atoms with Crippen molar-refractivity contribution in [3.63, 3.8) is 0 Å². The average Bonchev–Trinajstić information content (AvgIpc) is 2.51. The van der Waals surface area contributed by atoms with Crippen molar-refractivity contribution in [2.24, 2.45) is 0 Å². The van der Waals surface area contributed by atoms with Crippen molar-refractivity contribution in [1.29, 1.82) is 5.26 Å². The first kappa shape index (κ1) is 16.4. The molecular formula is C14H14NO7-. The maximum Gasteiger partial charge on any atom is 0.335 e. The Morgan fingerprint density at radius 3 is 2.50 bits per heavy atom. The van der Waals surface area contributed by atoms with Crippen LogP contribution in [-0.4, -0.2) is 52.0 Å². The topological polar surface area (TPSA) is 143 Å². The molecule has 1 aliphatic rings. The number of benzene rings is 1. The molecule has 1 unspecified atom stereocenters. The molecule has 0 bridgehead atoms. The van der Waals surface area contributed by atoms with Crippen LogP contribution in [0.3, 0.4) is 0 Å². The summed E-state index contributed by atoms with van der Waals surface area (Å²) in [5.41, 5.74) is 0.458. The Balaban J connectivity index is 2.15. The van der Waals surface area contributed by atoms with Gasteiger partial charge in [0.2, 0.25) is 0 Å². The molecule has 0 radical (unpaired) electrons. The van der Waals surface area contributed by atoms with Gasteiger partial charge in [-0.15, -0.1) is 0 Å². The van der Waals surface area contributed by atoms with Gasteiger partial charge in [-0.3, -0.25) is 0 Å². The Bertz CT molecular complexity index is 558. The van der Waals surface area contributed by atoms with Crippen LogP contribution >= 0.6 is 0 Å². The highest BCUT2D eigenvalue weighted by molar-refractivity contribution is 5.73. The van der Waals surface area contributed by atoms with Crippen molar-refractivity contribution >= 4 is 5.97 Å². The van der Waals surface area contributed by atoms with E-state index in [1.807, 2.05) is 6.07 Å². The molecule has 1 aromatic carbocycles. The Labute approximate surface area is 125 Å². The minimum Gasteiger partial charge on any atom is -0.829 e. The van der Waals surface area contributed by atoms with Crippen molar-refractivity contribution in [2.75, 3.05) is 0 Å². The third kappa shape index (κ3) is 3.24. The van der Waals surface area contributed by atoms with E-state index >= 15 is 0 Å². The van der Waals surface area contributed by atoms with Gasteiger partial charge in [0, 0.05) is 6.29 Å². The Kier molecular flexibility index (Phi) is 5.07. The summed E-state index contributed by atoms with van der Waals surface area (Å²) >= 11 is 0. The number of aliphatic hydroxyl groups is 2. The molecule has 3 N–H and O–H groups in total. The minimum absolute atomic E-state index is 0.458. The second-order valence-electron chi connectivity index (χ2n) is 4.77. The number of rotatable bonds is 4. The van der Waals surface area contributed by atoms with Crippen LogP contribution in [0.5, 0.6) is 0 Å². The standard InChI is InChI=1S/C14H14NO7/c15-6-8(7-4-2-1-3-5-7)21-12-10(17)9(16)11(13(18)19)22-14(12)20/h1-5,8-12,14,16-17H,(H,18,19)/q-1/t8?,9-,10-,11-,12+,14+/m0/s1. The van der Waals surface area contributed by atoms with Gasteiger partial charge < -0.3 is 29.9 Å². The monoisotopic (exact) mass is 308 g/mol. The lowest BCUT2D eigenvalue weighted by Crippen LogP contribution is -2.64. The molecule has 1 fully saturated rings. The van der Waals surface area contributed by atoms with Crippen molar-refractivity contribution in [1.82, 2.24) is 0 Å². The molecule has 1 aliphatic heterocycles. The van der Waals surface area contributed by atoms with E-state index in [0.717, 1.165) is 0 Å². The smallest absolute Gasteiger partial charge is 0.335 e. The van der Waals surface area contributed by atoms with Crippen LogP contribution in [0.4, 0.5) is 0 Å². The van der Waals surface area contributed by atoms with Crippen LogP contribution in [0.1, 0.15) is 11.7 Å². The molecule has 0 saturated carbocycles. The number of carboxylic acid groups (broad SMARTS) is 1. The highest BCUT2D eigenvalue weighted by Gasteiger charge is 2.45. The number of carbonyl (C=O) groups is 1. The van der Waals surface area contributed by atoms with E-state index < -0.39 is 42.8 Å². The first-order chi connectivity index (χ1) is 10.5. The summed E-state index contributed by atoms with van der Waals surface area (Å²) < 4.78 is 9.87. The molecule has 1 saturated heterocycles. The second-order valence-corrected chi connectivity index (χ2v) is 4.77. The molecule has 1 heterocycles. The molecule has 118 valence electrons. The fourth-order valence-corrected chi connectivity index (χ4v) is 2.15. The Morgan fingerprint density at radius 2 is 1.95 bits per heavy atom. The number of nitriles is 1. The van der Waals surface area contributed by atoms with Gasteiger partial charge in [-0.05, 0) is 5.56 Å². The van der Waals surface area contributed by atoms with Gasteiger partial charge in [-0.2, -0.15) is 5.26 Å². The third-order valence-corrected chi connectivity index (χ3v) is 3.30. The van der Waals surface area contributed by atoms with Crippen molar-refractivity contribution in [3.05, 3.63) is 35.9 Å². The number of nitrogens with zero attached hydrogens (tertiary/aromatic N) is 1. The SMILES string of the molecule is N#CC(O[C@@H]1[C@@H](O)[C@H](O)[C@@H](C(=O)O)O[C@H]1[O-])c1ccccc1. The Hall–Kier alpha value is -2.02. The summed E-state index contributed by atoms with van der Waals surface area (Å²) in [6, 6.07) is 10.1. The summed E-state index contributed by atoms with van der Waals surface area (Å²) in [5, 5.41) is 49.4. The average molecular weight is 308 g/mol. The molecule has 8 nitrogen and oxygen atoms in total. The van der Waals surface area contributed by atoms with Gasteiger partial charge in [0.05, 0.1) is 12.2 Å². The highest BCUT2D eigenvalue weighted by atomic mass is 16.7. The van der Waals surface area contributed by atoms with E-state index in [1.165, 1.54) is 0 Å². The van der Waals surface area contributed by atoms with Crippen molar-refractivity contribution < 1.29 is 34.7 Å². The predicted molar refractivity (Wildman–Crippen MR) is 68.0 cm³/mol. The molecular weight excluding hydrogens is 294 g/mol. The van der Waals surface area contributed by atoms with Crippen LogP contribution in [0.2, 0.25) is 0 Å². The molecule has 8 heteroatoms. The summed E-state index contributed by atoms with van der Waals surface area (Å²) in [7, 11) is 0. The summed E-state index contributed by atoms with van der Waals surface area (Å²) in [4.78, 5) is 10.8. The van der Waals surface area contributed by atoms with Gasteiger partial charge >= 0.3 is 5.97 Å². The maximum atomic E-state index is 11.8. The van der Waals surface area contributed by atoms with Gasteiger partial charge in [0.15, 0.2) is 12.2 Å². The van der Waals surface area contributed by atoms with Gasteiger partial charge in [-0.25, -0.2) is 4.79 Å². The van der Waals surface area contributed by atoms with Crippen molar-refractivity contribution in [2.45, 2.75) is 36.8 Å². The van der Waals surface area contributed by atoms with E-state index in [9.17, 15) is 20.1 Å². The lowest BCUT2D eigenvalue weighted by Gasteiger charge is -2.44. The van der Waals surface area contributed by atoms with Crippen LogP contribution in [-0.2, 0) is 14.3 Å². The molecule has 0 aliphatic carbocycles. The van der Waals surface area contributed by atoms with Crippen LogP contribution in [0.15, 0.2) is 30.3 Å². The maximum absolute atomic E-state index is 11.8.